The van der Waals surface area contributed by atoms with Crippen LogP contribution in [0.15, 0.2) is 39.6 Å². The minimum Gasteiger partial charge on any atom is -0.294 e. The number of hydrogen-bond acceptors (Lipinski definition) is 2. The maximum atomic E-state index is 12.2. The van der Waals surface area contributed by atoms with Crippen LogP contribution < -0.4 is 0 Å². The lowest BCUT2D eigenvalue weighted by molar-refractivity contribution is -0.119. The van der Waals surface area contributed by atoms with Crippen molar-refractivity contribution >= 4 is 17.5 Å². The summed E-state index contributed by atoms with van der Waals surface area (Å²) >= 11 is 1.80. The Balaban J connectivity index is 1.89. The van der Waals surface area contributed by atoms with Crippen molar-refractivity contribution < 1.29 is 4.79 Å². The first-order chi connectivity index (χ1) is 8.65. The quantitative estimate of drug-likeness (QED) is 0.784. The number of Topliss-reactive ketones (excluding diaryl/α,β-unsaturated/α-hetero) is 1. The van der Waals surface area contributed by atoms with Crippen molar-refractivity contribution in [1.82, 2.24) is 0 Å². The van der Waals surface area contributed by atoms with Crippen molar-refractivity contribution in [2.75, 3.05) is 0 Å². The van der Waals surface area contributed by atoms with E-state index in [0.29, 0.717) is 17.6 Å². The number of aryl methyl sites for hydroxylation is 1. The van der Waals surface area contributed by atoms with E-state index in [2.05, 4.69) is 31.2 Å². The van der Waals surface area contributed by atoms with Crippen molar-refractivity contribution in [2.24, 2.45) is 11.8 Å². The number of ketones is 1. The standard InChI is InChI=1S/C16H18OS/c1-10-3-7-14(8-4-10)18-16-11(2)15(17)12-5-6-13(16)9-12/h3-4,7-8,12-13H,5-6,9H2,1-2H3. The molecule has 0 aromatic heterocycles. The molecule has 0 amide bonds. The second-order valence-corrected chi connectivity index (χ2v) is 6.59. The first kappa shape index (κ1) is 12.0. The normalized spacial score (nSPS) is 26.9. The molecule has 18 heavy (non-hydrogen) atoms. The molecule has 0 spiro atoms. The molecule has 94 valence electrons. The van der Waals surface area contributed by atoms with Crippen molar-refractivity contribution in [2.45, 2.75) is 38.0 Å². The third-order valence-electron chi connectivity index (χ3n) is 4.16. The Morgan fingerprint density at radius 1 is 1.06 bits per heavy atom. The SMILES string of the molecule is CC1=C(Sc2ccc(C)cc2)C2CCC(C2)C1=O. The molecule has 0 heterocycles. The van der Waals surface area contributed by atoms with Crippen molar-refractivity contribution in [1.29, 1.82) is 0 Å². The fourth-order valence-corrected chi connectivity index (χ4v) is 4.25. The maximum Gasteiger partial charge on any atom is 0.162 e. The van der Waals surface area contributed by atoms with Gasteiger partial charge in [-0.3, -0.25) is 4.79 Å². The van der Waals surface area contributed by atoms with Crippen LogP contribution in [0.1, 0.15) is 31.7 Å². The first-order valence-corrected chi connectivity index (χ1v) is 7.46. The minimum absolute atomic E-state index is 0.331. The van der Waals surface area contributed by atoms with Gasteiger partial charge in [0.15, 0.2) is 5.78 Å². The number of carbonyl (C=O) groups is 1. The van der Waals surface area contributed by atoms with E-state index >= 15 is 0 Å². The third kappa shape index (κ3) is 2.03. The molecule has 2 aliphatic rings. The Morgan fingerprint density at radius 2 is 1.72 bits per heavy atom. The van der Waals surface area contributed by atoms with E-state index < -0.39 is 0 Å². The lowest BCUT2D eigenvalue weighted by atomic mass is 9.89. The molecule has 2 heteroatoms. The number of carbonyl (C=O) groups excluding carboxylic acids is 1. The summed E-state index contributed by atoms with van der Waals surface area (Å²) in [6, 6.07) is 8.60. The zero-order valence-corrected chi connectivity index (χ0v) is 11.7. The fourth-order valence-electron chi connectivity index (χ4n) is 3.08. The largest absolute Gasteiger partial charge is 0.294 e. The van der Waals surface area contributed by atoms with Crippen LogP contribution in [0.2, 0.25) is 0 Å². The highest BCUT2D eigenvalue weighted by molar-refractivity contribution is 8.03. The van der Waals surface area contributed by atoms with E-state index in [4.69, 9.17) is 0 Å². The molecule has 3 rings (SSSR count). The first-order valence-electron chi connectivity index (χ1n) is 6.64. The zero-order chi connectivity index (χ0) is 12.7. The zero-order valence-electron chi connectivity index (χ0n) is 10.9. The lowest BCUT2D eigenvalue weighted by Gasteiger charge is -2.23. The number of fused-ring (bicyclic) bond motifs is 2. The second kappa shape index (κ2) is 4.58. The van der Waals surface area contributed by atoms with Gasteiger partial charge in [-0.05, 0) is 56.1 Å². The summed E-state index contributed by atoms with van der Waals surface area (Å²) in [7, 11) is 0. The number of allylic oxidation sites excluding steroid dienone is 2. The van der Waals surface area contributed by atoms with Gasteiger partial charge in [0.05, 0.1) is 0 Å². The van der Waals surface area contributed by atoms with Crippen LogP contribution in [-0.2, 0) is 4.79 Å². The summed E-state index contributed by atoms with van der Waals surface area (Å²) in [6.45, 7) is 4.12. The Kier molecular flexibility index (Phi) is 3.06. The molecule has 0 aliphatic heterocycles. The molecule has 2 aliphatic carbocycles. The van der Waals surface area contributed by atoms with E-state index in [9.17, 15) is 4.79 Å². The van der Waals surface area contributed by atoms with Gasteiger partial charge < -0.3 is 0 Å². The molecule has 0 N–H and O–H groups in total. The summed E-state index contributed by atoms with van der Waals surface area (Å²) in [4.78, 5) is 14.8. The van der Waals surface area contributed by atoms with Gasteiger partial charge in [-0.2, -0.15) is 0 Å². The molecule has 1 nitrogen and oxygen atoms in total. The van der Waals surface area contributed by atoms with E-state index in [1.54, 1.807) is 11.8 Å². The Morgan fingerprint density at radius 3 is 2.44 bits per heavy atom. The summed E-state index contributed by atoms with van der Waals surface area (Å²) in [5, 5.41) is 0. The fraction of sp³-hybridized carbons (Fsp3) is 0.438. The van der Waals surface area contributed by atoms with Gasteiger partial charge in [0.1, 0.15) is 0 Å². The minimum atomic E-state index is 0.331. The molecular formula is C16H18OS. The average Bonchev–Trinajstić information content (AvgIpc) is 2.81. The molecule has 0 saturated heterocycles. The molecule has 2 unspecified atom stereocenters. The number of rotatable bonds is 2. The average molecular weight is 258 g/mol. The number of thioether (sulfide) groups is 1. The van der Waals surface area contributed by atoms with Crippen LogP contribution >= 0.6 is 11.8 Å². The molecule has 0 radical (unpaired) electrons. The van der Waals surface area contributed by atoms with E-state index in [-0.39, 0.29) is 0 Å². The van der Waals surface area contributed by atoms with Crippen molar-refractivity contribution in [3.63, 3.8) is 0 Å². The van der Waals surface area contributed by atoms with E-state index in [1.165, 1.54) is 21.8 Å². The Hall–Kier alpha value is -1.02. The van der Waals surface area contributed by atoms with Crippen LogP contribution in [0, 0.1) is 18.8 Å². The number of hydrogen-bond donors (Lipinski definition) is 0. The lowest BCUT2D eigenvalue weighted by Crippen LogP contribution is -2.19. The van der Waals surface area contributed by atoms with Gasteiger partial charge in [-0.15, -0.1) is 0 Å². The van der Waals surface area contributed by atoms with Gasteiger partial charge in [0.2, 0.25) is 0 Å². The molecular weight excluding hydrogens is 240 g/mol. The van der Waals surface area contributed by atoms with Gasteiger partial charge in [-0.25, -0.2) is 0 Å². The summed E-state index contributed by atoms with van der Waals surface area (Å²) in [5.41, 5.74) is 2.31. The summed E-state index contributed by atoms with van der Waals surface area (Å²) in [5.74, 6) is 1.37. The highest BCUT2D eigenvalue weighted by atomic mass is 32.2. The number of benzene rings is 1. The van der Waals surface area contributed by atoms with Crippen LogP contribution in [0.5, 0.6) is 0 Å². The van der Waals surface area contributed by atoms with Crippen LogP contribution in [0.3, 0.4) is 0 Å². The van der Waals surface area contributed by atoms with Gasteiger partial charge in [0.25, 0.3) is 0 Å². The highest BCUT2D eigenvalue weighted by Crippen LogP contribution is 2.49. The summed E-state index contributed by atoms with van der Waals surface area (Å²) < 4.78 is 0. The third-order valence-corrected chi connectivity index (χ3v) is 5.53. The molecule has 2 atom stereocenters. The molecule has 2 bridgehead atoms. The van der Waals surface area contributed by atoms with Crippen LogP contribution in [0.4, 0.5) is 0 Å². The molecule has 1 aromatic rings. The van der Waals surface area contributed by atoms with Crippen LogP contribution in [0.25, 0.3) is 0 Å². The van der Waals surface area contributed by atoms with Gasteiger partial charge >= 0.3 is 0 Å². The smallest absolute Gasteiger partial charge is 0.162 e. The predicted molar refractivity (Wildman–Crippen MR) is 75.6 cm³/mol. The van der Waals surface area contributed by atoms with Crippen molar-refractivity contribution in [3.8, 4) is 0 Å². The van der Waals surface area contributed by atoms with Gasteiger partial charge in [0, 0.05) is 16.4 Å². The maximum absolute atomic E-state index is 12.2. The molecule has 1 saturated carbocycles. The monoisotopic (exact) mass is 258 g/mol. The van der Waals surface area contributed by atoms with E-state index in [0.717, 1.165) is 18.4 Å². The topological polar surface area (TPSA) is 17.1 Å². The predicted octanol–water partition coefficient (Wildman–Crippen LogP) is 4.36. The molecule has 1 aromatic carbocycles. The Labute approximate surface area is 113 Å². The summed E-state index contributed by atoms with van der Waals surface area (Å²) in [6.07, 6.45) is 3.38. The van der Waals surface area contributed by atoms with Gasteiger partial charge in [-0.1, -0.05) is 29.5 Å². The molecule has 1 fully saturated rings. The van der Waals surface area contributed by atoms with E-state index in [1.807, 2.05) is 6.92 Å². The van der Waals surface area contributed by atoms with Crippen molar-refractivity contribution in [3.05, 3.63) is 40.3 Å². The Bertz CT molecular complexity index is 512. The second-order valence-electron chi connectivity index (χ2n) is 5.48. The van der Waals surface area contributed by atoms with Crippen LogP contribution in [-0.4, -0.2) is 5.78 Å². The highest BCUT2D eigenvalue weighted by Gasteiger charge is 2.39.